The molecule has 1 aromatic heterocycles. The summed E-state index contributed by atoms with van der Waals surface area (Å²) < 4.78 is 13.0. The fraction of sp³-hybridized carbons (Fsp3) is 0.118. The number of aromatic amines is 1. The zero-order valence-corrected chi connectivity index (χ0v) is 12.0. The number of aromatic nitrogens is 3. The SMILES string of the molecule is Cc1cc(Cc2ccc(F)cc2)cc(-c2nn[nH]c2C#N)c1. The average Bonchev–Trinajstić information content (AvgIpc) is 2.97. The lowest BCUT2D eigenvalue weighted by atomic mass is 9.98. The smallest absolute Gasteiger partial charge is 0.163 e. The predicted molar refractivity (Wildman–Crippen MR) is 80.5 cm³/mol. The quantitative estimate of drug-likeness (QED) is 0.804. The van der Waals surface area contributed by atoms with Crippen LogP contribution in [-0.4, -0.2) is 15.4 Å². The Bertz CT molecular complexity index is 844. The van der Waals surface area contributed by atoms with E-state index in [2.05, 4.69) is 21.5 Å². The molecule has 3 aromatic rings. The van der Waals surface area contributed by atoms with Gasteiger partial charge in [-0.3, -0.25) is 0 Å². The first kappa shape index (κ1) is 14.0. The number of nitrogens with one attached hydrogen (secondary N) is 1. The van der Waals surface area contributed by atoms with Gasteiger partial charge in [-0.05, 0) is 48.7 Å². The van der Waals surface area contributed by atoms with E-state index < -0.39 is 0 Å². The van der Waals surface area contributed by atoms with Gasteiger partial charge in [-0.2, -0.15) is 5.26 Å². The van der Waals surface area contributed by atoms with Gasteiger partial charge in [-0.25, -0.2) is 9.49 Å². The third-order valence-corrected chi connectivity index (χ3v) is 3.39. The maximum absolute atomic E-state index is 13.0. The van der Waals surface area contributed by atoms with Crippen molar-refractivity contribution in [3.8, 4) is 17.3 Å². The molecule has 5 heteroatoms. The second-order valence-electron chi connectivity index (χ2n) is 5.16. The number of nitrogens with zero attached hydrogens (tertiary/aromatic N) is 3. The topological polar surface area (TPSA) is 65.4 Å². The van der Waals surface area contributed by atoms with Crippen molar-refractivity contribution in [2.75, 3.05) is 0 Å². The highest BCUT2D eigenvalue weighted by Gasteiger charge is 2.11. The maximum Gasteiger partial charge on any atom is 0.163 e. The Morgan fingerprint density at radius 3 is 2.64 bits per heavy atom. The summed E-state index contributed by atoms with van der Waals surface area (Å²) in [6, 6.07) is 14.5. The van der Waals surface area contributed by atoms with Gasteiger partial charge in [0.1, 0.15) is 17.6 Å². The van der Waals surface area contributed by atoms with Gasteiger partial charge >= 0.3 is 0 Å². The number of hydrogen-bond donors (Lipinski definition) is 1. The van der Waals surface area contributed by atoms with Crippen molar-refractivity contribution in [2.45, 2.75) is 13.3 Å². The van der Waals surface area contributed by atoms with Crippen LogP contribution in [0.15, 0.2) is 42.5 Å². The average molecular weight is 292 g/mol. The third kappa shape index (κ3) is 2.86. The zero-order chi connectivity index (χ0) is 15.5. The Hall–Kier alpha value is -3.00. The van der Waals surface area contributed by atoms with E-state index in [1.54, 1.807) is 12.1 Å². The number of nitriles is 1. The van der Waals surface area contributed by atoms with E-state index in [9.17, 15) is 4.39 Å². The van der Waals surface area contributed by atoms with Gasteiger partial charge in [0, 0.05) is 5.56 Å². The summed E-state index contributed by atoms with van der Waals surface area (Å²) in [6.07, 6.45) is 0.689. The molecule has 4 nitrogen and oxygen atoms in total. The molecule has 1 N–H and O–H groups in total. The molecule has 0 aliphatic heterocycles. The number of halogens is 1. The monoisotopic (exact) mass is 292 g/mol. The van der Waals surface area contributed by atoms with Crippen LogP contribution in [0.2, 0.25) is 0 Å². The van der Waals surface area contributed by atoms with Crippen LogP contribution >= 0.6 is 0 Å². The van der Waals surface area contributed by atoms with Crippen molar-refractivity contribution in [1.82, 2.24) is 15.4 Å². The third-order valence-electron chi connectivity index (χ3n) is 3.39. The lowest BCUT2D eigenvalue weighted by Gasteiger charge is -2.07. The standard InChI is InChI=1S/C17H13FN4/c1-11-6-13(8-12-2-4-15(18)5-3-12)9-14(7-11)17-16(10-19)20-22-21-17/h2-7,9H,8H2,1H3,(H,20,21,22). The van der Waals surface area contributed by atoms with Crippen LogP contribution in [-0.2, 0) is 6.42 Å². The molecule has 0 aliphatic rings. The van der Waals surface area contributed by atoms with Gasteiger partial charge in [0.15, 0.2) is 5.69 Å². The molecule has 108 valence electrons. The van der Waals surface area contributed by atoms with E-state index in [1.807, 2.05) is 25.1 Å². The minimum Gasteiger partial charge on any atom is -0.247 e. The molecule has 0 spiro atoms. The van der Waals surface area contributed by atoms with Gasteiger partial charge in [-0.15, -0.1) is 5.10 Å². The zero-order valence-electron chi connectivity index (χ0n) is 12.0. The molecule has 0 saturated heterocycles. The van der Waals surface area contributed by atoms with Crippen molar-refractivity contribution in [3.05, 3.63) is 70.7 Å². The molecule has 0 amide bonds. The lowest BCUT2D eigenvalue weighted by Crippen LogP contribution is -1.92. The second-order valence-corrected chi connectivity index (χ2v) is 5.16. The van der Waals surface area contributed by atoms with E-state index >= 15 is 0 Å². The van der Waals surface area contributed by atoms with Crippen molar-refractivity contribution < 1.29 is 4.39 Å². The van der Waals surface area contributed by atoms with Crippen LogP contribution in [0.5, 0.6) is 0 Å². The van der Waals surface area contributed by atoms with E-state index in [4.69, 9.17) is 5.26 Å². The molecule has 0 unspecified atom stereocenters. The Kier molecular flexibility index (Phi) is 3.67. The Morgan fingerprint density at radius 2 is 1.91 bits per heavy atom. The van der Waals surface area contributed by atoms with Gasteiger partial charge in [0.2, 0.25) is 0 Å². The van der Waals surface area contributed by atoms with Crippen LogP contribution < -0.4 is 0 Å². The second kappa shape index (κ2) is 5.78. The molecule has 0 fully saturated rings. The normalized spacial score (nSPS) is 10.4. The Balaban J connectivity index is 1.97. The van der Waals surface area contributed by atoms with Gasteiger partial charge in [0.05, 0.1) is 0 Å². The van der Waals surface area contributed by atoms with Crippen LogP contribution in [0, 0.1) is 24.1 Å². The Labute approximate surface area is 127 Å². The van der Waals surface area contributed by atoms with Crippen LogP contribution in [0.1, 0.15) is 22.4 Å². The summed E-state index contributed by atoms with van der Waals surface area (Å²) in [5.74, 6) is -0.241. The largest absolute Gasteiger partial charge is 0.247 e. The highest BCUT2D eigenvalue weighted by Crippen LogP contribution is 2.23. The van der Waals surface area contributed by atoms with Crippen LogP contribution in [0.25, 0.3) is 11.3 Å². The summed E-state index contributed by atoms with van der Waals surface area (Å²) in [7, 11) is 0. The molecule has 0 bridgehead atoms. The van der Waals surface area contributed by atoms with Gasteiger partial charge in [-0.1, -0.05) is 29.0 Å². The first-order valence-electron chi connectivity index (χ1n) is 6.82. The fourth-order valence-electron chi connectivity index (χ4n) is 2.45. The van der Waals surface area contributed by atoms with E-state index in [-0.39, 0.29) is 5.82 Å². The molecule has 1 heterocycles. The molecule has 0 radical (unpaired) electrons. The Morgan fingerprint density at radius 1 is 1.14 bits per heavy atom. The number of aryl methyl sites for hydroxylation is 1. The van der Waals surface area contributed by atoms with Crippen molar-refractivity contribution >= 4 is 0 Å². The number of benzene rings is 2. The summed E-state index contributed by atoms with van der Waals surface area (Å²) in [5, 5.41) is 19.3. The molecule has 0 saturated carbocycles. The fourth-order valence-corrected chi connectivity index (χ4v) is 2.45. The first-order valence-corrected chi connectivity index (χ1v) is 6.82. The first-order chi connectivity index (χ1) is 10.7. The molecule has 2 aromatic carbocycles. The van der Waals surface area contributed by atoms with Crippen molar-refractivity contribution in [2.24, 2.45) is 0 Å². The summed E-state index contributed by atoms with van der Waals surface area (Å²) in [4.78, 5) is 0. The molecule has 0 aliphatic carbocycles. The molecular weight excluding hydrogens is 279 g/mol. The number of hydrogen-bond acceptors (Lipinski definition) is 3. The number of H-pyrrole nitrogens is 1. The van der Waals surface area contributed by atoms with Crippen LogP contribution in [0.4, 0.5) is 4.39 Å². The molecule has 22 heavy (non-hydrogen) atoms. The maximum atomic E-state index is 13.0. The van der Waals surface area contributed by atoms with Crippen molar-refractivity contribution in [1.29, 1.82) is 5.26 Å². The summed E-state index contributed by atoms with van der Waals surface area (Å²) in [6.45, 7) is 1.99. The van der Waals surface area contributed by atoms with E-state index in [0.717, 1.165) is 22.3 Å². The predicted octanol–water partition coefficient (Wildman–Crippen LogP) is 3.38. The van der Waals surface area contributed by atoms with E-state index in [0.29, 0.717) is 17.8 Å². The minimum absolute atomic E-state index is 0.241. The summed E-state index contributed by atoms with van der Waals surface area (Å²) in [5.41, 5.74) is 4.92. The highest BCUT2D eigenvalue weighted by molar-refractivity contribution is 5.65. The molecular formula is C17H13FN4. The molecule has 3 rings (SSSR count). The van der Waals surface area contributed by atoms with E-state index in [1.165, 1.54) is 12.1 Å². The number of rotatable bonds is 3. The van der Waals surface area contributed by atoms with Crippen molar-refractivity contribution in [3.63, 3.8) is 0 Å². The summed E-state index contributed by atoms with van der Waals surface area (Å²) >= 11 is 0. The van der Waals surface area contributed by atoms with Crippen LogP contribution in [0.3, 0.4) is 0 Å². The minimum atomic E-state index is -0.241. The molecule has 0 atom stereocenters. The van der Waals surface area contributed by atoms with Gasteiger partial charge < -0.3 is 0 Å². The van der Waals surface area contributed by atoms with Gasteiger partial charge in [0.25, 0.3) is 0 Å². The lowest BCUT2D eigenvalue weighted by molar-refractivity contribution is 0.627. The highest BCUT2D eigenvalue weighted by atomic mass is 19.1.